The molecule has 0 saturated carbocycles. The molecule has 1 saturated heterocycles. The first-order chi connectivity index (χ1) is 13.1. The molecule has 1 aliphatic rings. The van der Waals surface area contributed by atoms with Crippen LogP contribution < -0.4 is 15.0 Å². The van der Waals surface area contributed by atoms with Crippen LogP contribution in [0.15, 0.2) is 53.1 Å². The van der Waals surface area contributed by atoms with Gasteiger partial charge in [0.2, 0.25) is 11.8 Å². The Bertz CT molecular complexity index is 998. The summed E-state index contributed by atoms with van der Waals surface area (Å²) in [6.45, 7) is 0.428. The second-order valence-corrected chi connectivity index (χ2v) is 6.48. The molecule has 0 aliphatic carbocycles. The minimum absolute atomic E-state index is 0.0274. The van der Waals surface area contributed by atoms with E-state index in [1.807, 2.05) is 48.5 Å². The molecule has 0 bridgehead atoms. The van der Waals surface area contributed by atoms with Gasteiger partial charge in [-0.05, 0) is 24.3 Å². The molecule has 0 radical (unpaired) electrons. The number of carbonyl (C=O) groups excluding carboxylic acids is 2. The fourth-order valence-electron chi connectivity index (χ4n) is 3.33. The molecule has 138 valence electrons. The zero-order valence-electron chi connectivity index (χ0n) is 14.8. The summed E-state index contributed by atoms with van der Waals surface area (Å²) in [5, 5.41) is 7.73. The van der Waals surface area contributed by atoms with Crippen molar-refractivity contribution in [3.63, 3.8) is 0 Å². The topological polar surface area (TPSA) is 84.7 Å². The van der Waals surface area contributed by atoms with Gasteiger partial charge >= 0.3 is 0 Å². The summed E-state index contributed by atoms with van der Waals surface area (Å²) < 4.78 is 10.4. The molecular weight excluding hydrogens is 346 g/mol. The quantitative estimate of drug-likeness (QED) is 0.750. The van der Waals surface area contributed by atoms with E-state index in [0.29, 0.717) is 23.6 Å². The maximum absolute atomic E-state index is 12.4. The normalized spacial score (nSPS) is 16.7. The second-order valence-electron chi connectivity index (χ2n) is 6.48. The Balaban J connectivity index is 1.41. The van der Waals surface area contributed by atoms with Gasteiger partial charge in [0.25, 0.3) is 0 Å². The number of ether oxygens (including phenoxy) is 1. The predicted molar refractivity (Wildman–Crippen MR) is 99.6 cm³/mol. The van der Waals surface area contributed by atoms with Crippen molar-refractivity contribution in [2.45, 2.75) is 18.9 Å². The van der Waals surface area contributed by atoms with Gasteiger partial charge in [0.15, 0.2) is 5.58 Å². The van der Waals surface area contributed by atoms with Crippen molar-refractivity contribution in [3.05, 3.63) is 54.2 Å². The van der Waals surface area contributed by atoms with Gasteiger partial charge in [0.05, 0.1) is 19.6 Å². The third-order valence-corrected chi connectivity index (χ3v) is 4.64. The Morgan fingerprint density at radius 3 is 3.00 bits per heavy atom. The van der Waals surface area contributed by atoms with Crippen molar-refractivity contribution in [2.24, 2.45) is 0 Å². The average Bonchev–Trinajstić information content (AvgIpc) is 3.25. The van der Waals surface area contributed by atoms with E-state index in [1.54, 1.807) is 12.0 Å². The Morgan fingerprint density at radius 1 is 1.30 bits per heavy atom. The number of anilines is 1. The standard InChI is InChI=1S/C20H19N3O4/c1-26-15-6-4-5-14(10-15)23-12-13(9-20(23)25)21-19(24)11-17-16-7-2-3-8-18(16)27-22-17/h2-8,10,13H,9,11-12H2,1H3,(H,21,24)/t13-/m0/s1. The lowest BCUT2D eigenvalue weighted by atomic mass is 10.1. The van der Waals surface area contributed by atoms with Crippen LogP contribution in [0.1, 0.15) is 12.1 Å². The molecule has 2 amide bonds. The number of methoxy groups -OCH3 is 1. The van der Waals surface area contributed by atoms with Crippen LogP contribution in [0.2, 0.25) is 0 Å². The largest absolute Gasteiger partial charge is 0.497 e. The molecule has 0 spiro atoms. The van der Waals surface area contributed by atoms with Crippen LogP contribution in [-0.2, 0) is 16.0 Å². The summed E-state index contributed by atoms with van der Waals surface area (Å²) in [6, 6.07) is 14.5. The van der Waals surface area contributed by atoms with Crippen molar-refractivity contribution in [1.82, 2.24) is 10.5 Å². The smallest absolute Gasteiger partial charge is 0.229 e. The molecular formula is C20H19N3O4. The highest BCUT2D eigenvalue weighted by molar-refractivity contribution is 5.97. The van der Waals surface area contributed by atoms with Gasteiger partial charge in [-0.1, -0.05) is 23.4 Å². The van der Waals surface area contributed by atoms with Crippen LogP contribution in [-0.4, -0.2) is 36.7 Å². The van der Waals surface area contributed by atoms with Gasteiger partial charge in [0.1, 0.15) is 11.4 Å². The van der Waals surface area contributed by atoms with Crippen LogP contribution in [0.3, 0.4) is 0 Å². The molecule has 1 atom stereocenters. The van der Waals surface area contributed by atoms with Gasteiger partial charge < -0.3 is 19.5 Å². The SMILES string of the molecule is COc1cccc(N2C[C@@H](NC(=O)Cc3noc4ccccc34)CC2=O)c1. The number of rotatable bonds is 5. The van der Waals surface area contributed by atoms with Gasteiger partial charge in [0, 0.05) is 30.1 Å². The summed E-state index contributed by atoms with van der Waals surface area (Å²) >= 11 is 0. The number of nitrogens with one attached hydrogen (secondary N) is 1. The van der Waals surface area contributed by atoms with Crippen molar-refractivity contribution >= 4 is 28.5 Å². The van der Waals surface area contributed by atoms with Crippen molar-refractivity contribution in [3.8, 4) is 5.75 Å². The highest BCUT2D eigenvalue weighted by Gasteiger charge is 2.32. The molecule has 27 heavy (non-hydrogen) atoms. The van der Waals surface area contributed by atoms with Gasteiger partial charge in [-0.15, -0.1) is 0 Å². The summed E-state index contributed by atoms with van der Waals surface area (Å²) in [4.78, 5) is 26.4. The molecule has 7 heteroatoms. The zero-order valence-corrected chi connectivity index (χ0v) is 14.8. The van der Waals surface area contributed by atoms with E-state index in [0.717, 1.165) is 11.1 Å². The van der Waals surface area contributed by atoms with Crippen molar-refractivity contribution in [1.29, 1.82) is 0 Å². The van der Waals surface area contributed by atoms with E-state index in [9.17, 15) is 9.59 Å². The fourth-order valence-corrected chi connectivity index (χ4v) is 3.33. The molecule has 1 aliphatic heterocycles. The second kappa shape index (κ2) is 7.11. The number of fused-ring (bicyclic) bond motifs is 1. The van der Waals surface area contributed by atoms with Crippen LogP contribution in [0.5, 0.6) is 5.75 Å². The predicted octanol–water partition coefficient (Wildman–Crippen LogP) is 2.30. The number of para-hydroxylation sites is 1. The molecule has 1 N–H and O–H groups in total. The van der Waals surface area contributed by atoms with E-state index in [1.165, 1.54) is 0 Å². The first-order valence-corrected chi connectivity index (χ1v) is 8.71. The summed E-state index contributed by atoms with van der Waals surface area (Å²) in [5.74, 6) is 0.477. The molecule has 1 aromatic heterocycles. The Morgan fingerprint density at radius 2 is 2.15 bits per heavy atom. The van der Waals surface area contributed by atoms with Gasteiger partial charge in [-0.25, -0.2) is 0 Å². The third kappa shape index (κ3) is 3.48. The Hall–Kier alpha value is -3.35. The van der Waals surface area contributed by atoms with Crippen molar-refractivity contribution < 1.29 is 18.8 Å². The maximum Gasteiger partial charge on any atom is 0.229 e. The third-order valence-electron chi connectivity index (χ3n) is 4.64. The number of amides is 2. The van der Waals surface area contributed by atoms with Crippen LogP contribution in [0, 0.1) is 0 Å². The molecule has 0 unspecified atom stereocenters. The number of hydrogen-bond donors (Lipinski definition) is 1. The highest BCUT2D eigenvalue weighted by Crippen LogP contribution is 2.25. The Kier molecular flexibility index (Phi) is 4.50. The van der Waals surface area contributed by atoms with Gasteiger partial charge in [-0.3, -0.25) is 9.59 Å². The monoisotopic (exact) mass is 365 g/mol. The maximum atomic E-state index is 12.4. The lowest BCUT2D eigenvalue weighted by molar-refractivity contribution is -0.121. The van der Waals surface area contributed by atoms with E-state index in [-0.39, 0.29) is 30.7 Å². The zero-order chi connectivity index (χ0) is 18.8. The van der Waals surface area contributed by atoms with Crippen molar-refractivity contribution in [2.75, 3.05) is 18.6 Å². The lowest BCUT2D eigenvalue weighted by Crippen LogP contribution is -2.38. The lowest BCUT2D eigenvalue weighted by Gasteiger charge is -2.18. The van der Waals surface area contributed by atoms with Crippen LogP contribution >= 0.6 is 0 Å². The minimum atomic E-state index is -0.241. The number of nitrogens with zero attached hydrogens (tertiary/aromatic N) is 2. The summed E-state index contributed by atoms with van der Waals surface area (Å²) in [5.41, 5.74) is 2.01. The number of carbonyl (C=O) groups is 2. The molecule has 2 heterocycles. The van der Waals surface area contributed by atoms with Gasteiger partial charge in [-0.2, -0.15) is 0 Å². The highest BCUT2D eigenvalue weighted by atomic mass is 16.5. The Labute approximate surface area is 155 Å². The first-order valence-electron chi connectivity index (χ1n) is 8.71. The molecule has 1 fully saturated rings. The van der Waals surface area contributed by atoms with E-state index < -0.39 is 0 Å². The van der Waals surface area contributed by atoms with E-state index in [4.69, 9.17) is 9.26 Å². The molecule has 7 nitrogen and oxygen atoms in total. The van der Waals surface area contributed by atoms with Crippen LogP contribution in [0.25, 0.3) is 11.0 Å². The number of hydrogen-bond acceptors (Lipinski definition) is 5. The van der Waals surface area contributed by atoms with E-state index in [2.05, 4.69) is 10.5 Å². The summed E-state index contributed by atoms with van der Waals surface area (Å²) in [7, 11) is 1.58. The number of aromatic nitrogens is 1. The molecule has 3 aromatic rings. The average molecular weight is 365 g/mol. The van der Waals surface area contributed by atoms with E-state index >= 15 is 0 Å². The molecule has 4 rings (SSSR count). The van der Waals surface area contributed by atoms with Crippen LogP contribution in [0.4, 0.5) is 5.69 Å². The summed E-state index contributed by atoms with van der Waals surface area (Å²) in [6.07, 6.45) is 0.378. The molecule has 2 aromatic carbocycles. The first kappa shape index (κ1) is 17.1. The minimum Gasteiger partial charge on any atom is -0.497 e. The number of benzene rings is 2. The fraction of sp³-hybridized carbons (Fsp3) is 0.250.